The van der Waals surface area contributed by atoms with Crippen molar-refractivity contribution in [1.29, 1.82) is 0 Å². The molecule has 0 aromatic heterocycles. The van der Waals surface area contributed by atoms with E-state index < -0.39 is 0 Å². The lowest BCUT2D eigenvalue weighted by Gasteiger charge is -2.24. The molecule has 104 valence electrons. The molecule has 0 spiro atoms. The van der Waals surface area contributed by atoms with E-state index in [0.717, 1.165) is 25.9 Å². The van der Waals surface area contributed by atoms with Gasteiger partial charge in [-0.3, -0.25) is 4.79 Å². The van der Waals surface area contributed by atoms with Gasteiger partial charge in [0.05, 0.1) is 0 Å². The van der Waals surface area contributed by atoms with E-state index in [1.165, 1.54) is 38.5 Å². The zero-order chi connectivity index (χ0) is 13.0. The van der Waals surface area contributed by atoms with Crippen LogP contribution in [0.25, 0.3) is 0 Å². The van der Waals surface area contributed by atoms with Crippen molar-refractivity contribution < 1.29 is 4.79 Å². The molecule has 1 aliphatic heterocycles. The van der Waals surface area contributed by atoms with Crippen molar-refractivity contribution in [3.8, 4) is 0 Å². The lowest BCUT2D eigenvalue weighted by molar-refractivity contribution is -0.131. The molecular formula is C15H28N2O. The Balaban J connectivity index is 1.81. The van der Waals surface area contributed by atoms with Crippen molar-refractivity contribution in [2.45, 2.75) is 58.3 Å². The van der Waals surface area contributed by atoms with Gasteiger partial charge in [0.1, 0.15) is 0 Å². The smallest absolute Gasteiger partial charge is 0.222 e. The lowest BCUT2D eigenvalue weighted by Crippen LogP contribution is -2.35. The van der Waals surface area contributed by atoms with Crippen molar-refractivity contribution in [3.05, 3.63) is 0 Å². The normalized spacial score (nSPS) is 30.4. The topological polar surface area (TPSA) is 46.3 Å². The molecule has 2 fully saturated rings. The van der Waals surface area contributed by atoms with Crippen LogP contribution < -0.4 is 5.73 Å². The van der Waals surface area contributed by atoms with Gasteiger partial charge in [0.2, 0.25) is 5.91 Å². The second kappa shape index (κ2) is 6.05. The van der Waals surface area contributed by atoms with E-state index in [4.69, 9.17) is 5.73 Å². The largest absolute Gasteiger partial charge is 0.342 e. The third kappa shape index (κ3) is 3.47. The highest BCUT2D eigenvalue weighted by Gasteiger charge is 2.35. The van der Waals surface area contributed by atoms with E-state index in [2.05, 4.69) is 11.8 Å². The summed E-state index contributed by atoms with van der Waals surface area (Å²) in [5, 5.41) is 0. The highest BCUT2D eigenvalue weighted by atomic mass is 16.2. The maximum Gasteiger partial charge on any atom is 0.222 e. The molecule has 1 aliphatic carbocycles. The summed E-state index contributed by atoms with van der Waals surface area (Å²) in [7, 11) is 0. The van der Waals surface area contributed by atoms with Gasteiger partial charge in [0, 0.05) is 19.5 Å². The Kier molecular flexibility index (Phi) is 4.66. The fraction of sp³-hybridized carbons (Fsp3) is 0.933. The molecule has 3 nitrogen and oxygen atoms in total. The summed E-state index contributed by atoms with van der Waals surface area (Å²) in [5.74, 6) is 1.02. The monoisotopic (exact) mass is 252 g/mol. The minimum atomic E-state index is 0.166. The van der Waals surface area contributed by atoms with Gasteiger partial charge >= 0.3 is 0 Å². The average molecular weight is 252 g/mol. The van der Waals surface area contributed by atoms with Crippen LogP contribution in [0.3, 0.4) is 0 Å². The standard InChI is InChI=1S/C15H28N2O/c1-15(11-16)8-9-17(12-15)14(18)10-13-6-4-2-3-5-7-13/h13H,2-12,16H2,1H3. The van der Waals surface area contributed by atoms with E-state index >= 15 is 0 Å². The Morgan fingerprint density at radius 3 is 2.50 bits per heavy atom. The second-order valence-corrected chi connectivity index (χ2v) is 6.64. The third-order valence-electron chi connectivity index (χ3n) is 4.84. The van der Waals surface area contributed by atoms with Gasteiger partial charge in [-0.15, -0.1) is 0 Å². The molecule has 1 saturated heterocycles. The van der Waals surface area contributed by atoms with Crippen LogP contribution in [0.5, 0.6) is 0 Å². The molecule has 1 heterocycles. The Bertz CT molecular complexity index is 284. The highest BCUT2D eigenvalue weighted by Crippen LogP contribution is 2.31. The van der Waals surface area contributed by atoms with Gasteiger partial charge in [-0.1, -0.05) is 32.6 Å². The molecule has 0 aromatic carbocycles. The van der Waals surface area contributed by atoms with Crippen LogP contribution in [0.15, 0.2) is 0 Å². The predicted octanol–water partition coefficient (Wildman–Crippen LogP) is 2.54. The number of amides is 1. The minimum absolute atomic E-state index is 0.166. The van der Waals surface area contributed by atoms with Crippen LogP contribution >= 0.6 is 0 Å². The number of nitrogens with two attached hydrogens (primary N) is 1. The van der Waals surface area contributed by atoms with E-state index in [-0.39, 0.29) is 5.41 Å². The van der Waals surface area contributed by atoms with Crippen molar-refractivity contribution in [2.75, 3.05) is 19.6 Å². The molecule has 2 rings (SSSR count). The Hall–Kier alpha value is -0.570. The van der Waals surface area contributed by atoms with Crippen LogP contribution in [0.2, 0.25) is 0 Å². The SMILES string of the molecule is CC1(CN)CCN(C(=O)CC2CCCCCC2)C1. The first-order valence-corrected chi connectivity index (χ1v) is 7.61. The molecule has 0 radical (unpaired) electrons. The quantitative estimate of drug-likeness (QED) is 0.785. The first kappa shape index (κ1) is 13.9. The number of hydrogen-bond donors (Lipinski definition) is 1. The predicted molar refractivity (Wildman–Crippen MR) is 74.2 cm³/mol. The molecule has 0 aromatic rings. The number of hydrogen-bond acceptors (Lipinski definition) is 2. The number of rotatable bonds is 3. The van der Waals surface area contributed by atoms with Crippen LogP contribution in [0, 0.1) is 11.3 Å². The van der Waals surface area contributed by atoms with E-state index in [9.17, 15) is 4.79 Å². The first-order valence-electron chi connectivity index (χ1n) is 7.61. The Labute approximate surface area is 111 Å². The highest BCUT2D eigenvalue weighted by molar-refractivity contribution is 5.76. The zero-order valence-electron chi connectivity index (χ0n) is 11.8. The third-order valence-corrected chi connectivity index (χ3v) is 4.84. The Morgan fingerprint density at radius 2 is 1.94 bits per heavy atom. The van der Waals surface area contributed by atoms with Gasteiger partial charge < -0.3 is 10.6 Å². The molecule has 2 N–H and O–H groups in total. The summed E-state index contributed by atoms with van der Waals surface area (Å²) >= 11 is 0. The minimum Gasteiger partial charge on any atom is -0.342 e. The van der Waals surface area contributed by atoms with Crippen LogP contribution in [0.4, 0.5) is 0 Å². The zero-order valence-corrected chi connectivity index (χ0v) is 11.8. The van der Waals surface area contributed by atoms with Crippen molar-refractivity contribution >= 4 is 5.91 Å². The first-order chi connectivity index (χ1) is 8.63. The molecule has 1 atom stereocenters. The van der Waals surface area contributed by atoms with Gasteiger partial charge in [0.25, 0.3) is 0 Å². The number of carbonyl (C=O) groups excluding carboxylic acids is 1. The summed E-state index contributed by atoms with van der Waals surface area (Å²) < 4.78 is 0. The molecule has 3 heteroatoms. The average Bonchev–Trinajstić information content (AvgIpc) is 2.59. The molecule has 2 aliphatic rings. The van der Waals surface area contributed by atoms with Crippen molar-refractivity contribution in [1.82, 2.24) is 4.90 Å². The molecule has 0 bridgehead atoms. The summed E-state index contributed by atoms with van der Waals surface area (Å²) in [4.78, 5) is 14.4. The molecular weight excluding hydrogens is 224 g/mol. The number of likely N-dealkylation sites (tertiary alicyclic amines) is 1. The van der Waals surface area contributed by atoms with Gasteiger partial charge in [0.15, 0.2) is 0 Å². The van der Waals surface area contributed by atoms with Gasteiger partial charge in [-0.2, -0.15) is 0 Å². The van der Waals surface area contributed by atoms with Crippen LogP contribution in [0.1, 0.15) is 58.3 Å². The summed E-state index contributed by atoms with van der Waals surface area (Å²) in [6, 6.07) is 0. The van der Waals surface area contributed by atoms with Crippen molar-refractivity contribution in [2.24, 2.45) is 17.1 Å². The number of carbonyl (C=O) groups is 1. The fourth-order valence-electron chi connectivity index (χ4n) is 3.35. The van der Waals surface area contributed by atoms with E-state index in [0.29, 0.717) is 18.4 Å². The summed E-state index contributed by atoms with van der Waals surface area (Å²) in [6.45, 7) is 4.68. The molecule has 18 heavy (non-hydrogen) atoms. The van der Waals surface area contributed by atoms with Crippen molar-refractivity contribution in [3.63, 3.8) is 0 Å². The molecule has 1 unspecified atom stereocenters. The maximum absolute atomic E-state index is 12.3. The second-order valence-electron chi connectivity index (χ2n) is 6.64. The summed E-state index contributed by atoms with van der Waals surface area (Å²) in [5.41, 5.74) is 5.96. The van der Waals surface area contributed by atoms with Gasteiger partial charge in [-0.05, 0) is 37.1 Å². The summed E-state index contributed by atoms with van der Waals surface area (Å²) in [6.07, 6.45) is 9.72. The molecule has 1 amide bonds. The fourth-order valence-corrected chi connectivity index (χ4v) is 3.35. The van der Waals surface area contributed by atoms with E-state index in [1.54, 1.807) is 0 Å². The maximum atomic E-state index is 12.3. The molecule has 1 saturated carbocycles. The Morgan fingerprint density at radius 1 is 1.28 bits per heavy atom. The lowest BCUT2D eigenvalue weighted by atomic mass is 9.90. The number of nitrogens with zero attached hydrogens (tertiary/aromatic N) is 1. The van der Waals surface area contributed by atoms with Crippen LogP contribution in [-0.2, 0) is 4.79 Å². The van der Waals surface area contributed by atoms with Gasteiger partial charge in [-0.25, -0.2) is 0 Å². The van der Waals surface area contributed by atoms with Crippen LogP contribution in [-0.4, -0.2) is 30.4 Å². The van der Waals surface area contributed by atoms with E-state index in [1.807, 2.05) is 0 Å².